The molecule has 0 aliphatic heterocycles. The third kappa shape index (κ3) is 9.45. The molecule has 0 fully saturated rings. The van der Waals surface area contributed by atoms with E-state index in [0.29, 0.717) is 6.42 Å². The van der Waals surface area contributed by atoms with Crippen LogP contribution in [0.3, 0.4) is 0 Å². The molecule has 0 rings (SSSR count). The van der Waals surface area contributed by atoms with Crippen LogP contribution < -0.4 is 6.15 Å². The van der Waals surface area contributed by atoms with Crippen LogP contribution in [0.1, 0.15) is 51.9 Å². The number of carbonyl (C=O) groups is 1. The van der Waals surface area contributed by atoms with Crippen LogP contribution in [-0.2, 0) is 4.79 Å². The summed E-state index contributed by atoms with van der Waals surface area (Å²) in [7, 11) is 0. The summed E-state index contributed by atoms with van der Waals surface area (Å²) >= 11 is 0. The minimum atomic E-state index is -1.66. The molecule has 0 bridgehead atoms. The molecule has 0 amide bonds. The summed E-state index contributed by atoms with van der Waals surface area (Å²) in [6, 6.07) is 0. The van der Waals surface area contributed by atoms with Crippen molar-refractivity contribution < 1.29 is 14.3 Å². The molecule has 1 atom stereocenters. The quantitative estimate of drug-likeness (QED) is 0.600. The van der Waals surface area contributed by atoms with Crippen molar-refractivity contribution in [2.24, 2.45) is 0 Å². The summed E-state index contributed by atoms with van der Waals surface area (Å²) in [5.74, 6) is -1.33. The molecular formula is C10H22FNO2. The Balaban J connectivity index is 0. The summed E-state index contributed by atoms with van der Waals surface area (Å²) < 4.78 is 12.5. The number of carboxylic acid groups (broad SMARTS) is 1. The van der Waals surface area contributed by atoms with Crippen LogP contribution in [0, 0.1) is 0 Å². The standard InChI is InChI=1S/C10H19FO2.H3N/c1-2-3-4-5-6-7-8-9(11)10(12)13;/h9H,2-8H2,1H3,(H,12,13);1H3. The fraction of sp³-hybridized carbons (Fsp3) is 0.900. The zero-order valence-corrected chi connectivity index (χ0v) is 8.97. The van der Waals surface area contributed by atoms with Crippen molar-refractivity contribution in [1.29, 1.82) is 0 Å². The number of alkyl halides is 1. The predicted octanol–water partition coefficient (Wildman–Crippen LogP) is 3.32. The molecule has 14 heavy (non-hydrogen) atoms. The van der Waals surface area contributed by atoms with Crippen LogP contribution in [0.4, 0.5) is 4.39 Å². The van der Waals surface area contributed by atoms with E-state index >= 15 is 0 Å². The van der Waals surface area contributed by atoms with Gasteiger partial charge in [-0.1, -0.05) is 39.0 Å². The molecule has 86 valence electrons. The Bertz CT molecular complexity index is 142. The molecule has 0 aromatic heterocycles. The Kier molecular flexibility index (Phi) is 11.8. The molecule has 0 saturated carbocycles. The maximum atomic E-state index is 12.5. The molecule has 0 radical (unpaired) electrons. The molecule has 0 aliphatic carbocycles. The second kappa shape index (κ2) is 10.4. The zero-order valence-electron chi connectivity index (χ0n) is 8.97. The van der Waals surface area contributed by atoms with Gasteiger partial charge >= 0.3 is 5.97 Å². The second-order valence-electron chi connectivity index (χ2n) is 3.36. The Hall–Kier alpha value is -0.640. The van der Waals surface area contributed by atoms with E-state index in [1.165, 1.54) is 19.3 Å². The van der Waals surface area contributed by atoms with E-state index < -0.39 is 12.1 Å². The summed E-state index contributed by atoms with van der Waals surface area (Å²) in [5.41, 5.74) is 0. The first-order chi connectivity index (χ1) is 6.18. The topological polar surface area (TPSA) is 72.3 Å². The SMILES string of the molecule is CCCCCCCCC(F)C(=O)O.N. The van der Waals surface area contributed by atoms with Gasteiger partial charge in [0.25, 0.3) is 0 Å². The van der Waals surface area contributed by atoms with E-state index in [1.807, 2.05) is 0 Å². The zero-order chi connectivity index (χ0) is 10.1. The molecule has 3 nitrogen and oxygen atoms in total. The van der Waals surface area contributed by atoms with Crippen LogP contribution in [0.15, 0.2) is 0 Å². The first-order valence-corrected chi connectivity index (χ1v) is 5.05. The van der Waals surface area contributed by atoms with Gasteiger partial charge in [0.2, 0.25) is 0 Å². The first kappa shape index (κ1) is 15.8. The highest BCUT2D eigenvalue weighted by Gasteiger charge is 2.13. The van der Waals surface area contributed by atoms with Crippen molar-refractivity contribution in [1.82, 2.24) is 6.15 Å². The molecule has 0 heterocycles. The highest BCUT2D eigenvalue weighted by Crippen LogP contribution is 2.10. The lowest BCUT2D eigenvalue weighted by Crippen LogP contribution is -2.13. The Morgan fingerprint density at radius 2 is 1.71 bits per heavy atom. The normalized spacial score (nSPS) is 11.9. The Morgan fingerprint density at radius 3 is 2.21 bits per heavy atom. The van der Waals surface area contributed by atoms with Crippen molar-refractivity contribution in [2.45, 2.75) is 58.0 Å². The van der Waals surface area contributed by atoms with E-state index in [2.05, 4.69) is 6.92 Å². The Morgan fingerprint density at radius 1 is 1.21 bits per heavy atom. The largest absolute Gasteiger partial charge is 0.479 e. The van der Waals surface area contributed by atoms with E-state index in [-0.39, 0.29) is 12.6 Å². The summed E-state index contributed by atoms with van der Waals surface area (Å²) in [6.07, 6.45) is 4.84. The molecule has 1 unspecified atom stereocenters. The summed E-state index contributed by atoms with van der Waals surface area (Å²) in [4.78, 5) is 10.1. The summed E-state index contributed by atoms with van der Waals surface area (Å²) in [5, 5.41) is 8.25. The minimum absolute atomic E-state index is 0. The van der Waals surface area contributed by atoms with Crippen LogP contribution in [0.25, 0.3) is 0 Å². The van der Waals surface area contributed by atoms with Crippen molar-refractivity contribution in [3.05, 3.63) is 0 Å². The predicted molar refractivity (Wildman–Crippen MR) is 55.5 cm³/mol. The third-order valence-corrected chi connectivity index (χ3v) is 2.08. The lowest BCUT2D eigenvalue weighted by molar-refractivity contribution is -0.143. The van der Waals surface area contributed by atoms with Crippen LogP contribution in [0.5, 0.6) is 0 Å². The average Bonchev–Trinajstić information content (AvgIpc) is 2.10. The van der Waals surface area contributed by atoms with Gasteiger partial charge in [0.15, 0.2) is 6.17 Å². The van der Waals surface area contributed by atoms with Crippen molar-refractivity contribution in [3.63, 3.8) is 0 Å². The number of rotatable bonds is 8. The molecule has 0 saturated heterocycles. The van der Waals surface area contributed by atoms with E-state index in [1.54, 1.807) is 0 Å². The van der Waals surface area contributed by atoms with Gasteiger partial charge in [-0.3, -0.25) is 0 Å². The average molecular weight is 207 g/mol. The number of aliphatic carboxylic acids is 1. The maximum absolute atomic E-state index is 12.5. The highest BCUT2D eigenvalue weighted by atomic mass is 19.1. The number of halogens is 1. The van der Waals surface area contributed by atoms with Gasteiger partial charge in [0, 0.05) is 0 Å². The van der Waals surface area contributed by atoms with Gasteiger partial charge in [-0.15, -0.1) is 0 Å². The second-order valence-corrected chi connectivity index (χ2v) is 3.36. The molecule has 4 N–H and O–H groups in total. The molecule has 0 spiro atoms. The monoisotopic (exact) mass is 207 g/mol. The van der Waals surface area contributed by atoms with Crippen molar-refractivity contribution in [3.8, 4) is 0 Å². The molecular weight excluding hydrogens is 185 g/mol. The smallest absolute Gasteiger partial charge is 0.338 e. The Labute approximate surface area is 85.3 Å². The van der Waals surface area contributed by atoms with Crippen molar-refractivity contribution >= 4 is 5.97 Å². The number of carboxylic acids is 1. The van der Waals surface area contributed by atoms with E-state index in [9.17, 15) is 9.18 Å². The number of hydrogen-bond acceptors (Lipinski definition) is 2. The maximum Gasteiger partial charge on any atom is 0.338 e. The highest BCUT2D eigenvalue weighted by molar-refractivity contribution is 5.71. The molecule has 4 heteroatoms. The number of unbranched alkanes of at least 4 members (excludes halogenated alkanes) is 5. The molecule has 0 aromatic carbocycles. The molecule has 0 aliphatic rings. The van der Waals surface area contributed by atoms with Gasteiger partial charge < -0.3 is 11.3 Å². The fourth-order valence-electron chi connectivity index (χ4n) is 1.23. The fourth-order valence-corrected chi connectivity index (χ4v) is 1.23. The minimum Gasteiger partial charge on any atom is -0.479 e. The van der Waals surface area contributed by atoms with Crippen LogP contribution in [-0.4, -0.2) is 17.2 Å². The van der Waals surface area contributed by atoms with Gasteiger partial charge in [0.05, 0.1) is 0 Å². The van der Waals surface area contributed by atoms with E-state index in [4.69, 9.17) is 5.11 Å². The lowest BCUT2D eigenvalue weighted by Gasteiger charge is -2.02. The van der Waals surface area contributed by atoms with Gasteiger partial charge in [-0.2, -0.15) is 0 Å². The lowest BCUT2D eigenvalue weighted by atomic mass is 10.1. The van der Waals surface area contributed by atoms with Gasteiger partial charge in [0.1, 0.15) is 0 Å². The number of hydrogen-bond donors (Lipinski definition) is 2. The van der Waals surface area contributed by atoms with E-state index in [0.717, 1.165) is 12.8 Å². The van der Waals surface area contributed by atoms with Gasteiger partial charge in [-0.25, -0.2) is 9.18 Å². The van der Waals surface area contributed by atoms with Gasteiger partial charge in [-0.05, 0) is 12.8 Å². The van der Waals surface area contributed by atoms with Crippen molar-refractivity contribution in [2.75, 3.05) is 0 Å². The first-order valence-electron chi connectivity index (χ1n) is 5.05. The third-order valence-electron chi connectivity index (χ3n) is 2.08. The van der Waals surface area contributed by atoms with Crippen LogP contribution in [0.2, 0.25) is 0 Å². The summed E-state index contributed by atoms with van der Waals surface area (Å²) in [6.45, 7) is 2.14. The van der Waals surface area contributed by atoms with Crippen LogP contribution >= 0.6 is 0 Å². The molecule has 0 aromatic rings.